The molecule has 0 saturated heterocycles. The van der Waals surface area contributed by atoms with E-state index in [1.807, 2.05) is 35.0 Å². The van der Waals surface area contributed by atoms with E-state index in [0.717, 1.165) is 24.3 Å². The first-order chi connectivity index (χ1) is 12.1. The Kier molecular flexibility index (Phi) is 2.87. The van der Waals surface area contributed by atoms with Gasteiger partial charge < -0.3 is 15.9 Å². The van der Waals surface area contributed by atoms with Crippen molar-refractivity contribution in [1.82, 2.24) is 19.4 Å². The Bertz CT molecular complexity index is 1120. The number of imidazole rings is 1. The molecule has 0 radical (unpaired) electrons. The van der Waals surface area contributed by atoms with Crippen LogP contribution in [0, 0.1) is 0 Å². The predicted molar refractivity (Wildman–Crippen MR) is 96.5 cm³/mol. The maximum absolute atomic E-state index is 11.7. The molecule has 1 aliphatic rings. The maximum atomic E-state index is 11.7. The first-order valence-electron chi connectivity index (χ1n) is 7.95. The van der Waals surface area contributed by atoms with E-state index in [2.05, 4.69) is 9.97 Å². The van der Waals surface area contributed by atoms with Crippen molar-refractivity contribution < 1.29 is 4.79 Å². The van der Waals surface area contributed by atoms with Crippen LogP contribution in [0.1, 0.15) is 34.3 Å². The van der Waals surface area contributed by atoms with Crippen LogP contribution in [0.3, 0.4) is 0 Å². The molecule has 0 spiro atoms. The van der Waals surface area contributed by atoms with Crippen LogP contribution in [0.15, 0.2) is 30.6 Å². The van der Waals surface area contributed by atoms with Crippen LogP contribution in [0.5, 0.6) is 0 Å². The summed E-state index contributed by atoms with van der Waals surface area (Å²) in [6, 6.07) is 5.80. The number of carbonyl (C=O) groups is 1. The van der Waals surface area contributed by atoms with Gasteiger partial charge in [-0.25, -0.2) is 15.0 Å². The number of nitrogens with zero attached hydrogens (tertiary/aromatic N) is 4. The average Bonchev–Trinajstić information content (AvgIpc) is 3.27. The Morgan fingerprint density at radius 1 is 1.24 bits per heavy atom. The third kappa shape index (κ3) is 2.18. The summed E-state index contributed by atoms with van der Waals surface area (Å²) in [7, 11) is 0. The van der Waals surface area contributed by atoms with Crippen molar-refractivity contribution in [2.24, 2.45) is 5.73 Å². The highest BCUT2D eigenvalue weighted by molar-refractivity contribution is 7.21. The Hall–Kier alpha value is -3.00. The van der Waals surface area contributed by atoms with E-state index >= 15 is 0 Å². The molecule has 4 heterocycles. The van der Waals surface area contributed by atoms with Gasteiger partial charge in [0.25, 0.3) is 5.91 Å². The number of thiophene rings is 1. The first kappa shape index (κ1) is 14.4. The summed E-state index contributed by atoms with van der Waals surface area (Å²) in [6.07, 6.45) is 6.01. The first-order valence-corrected chi connectivity index (χ1v) is 8.77. The highest BCUT2D eigenvalue weighted by Crippen LogP contribution is 2.43. The number of hydrogen-bond donors (Lipinski definition) is 2. The monoisotopic (exact) mass is 350 g/mol. The quantitative estimate of drug-likeness (QED) is 0.590. The summed E-state index contributed by atoms with van der Waals surface area (Å²) >= 11 is 1.22. The van der Waals surface area contributed by atoms with Gasteiger partial charge >= 0.3 is 0 Å². The number of nitrogen functional groups attached to an aromatic ring is 1. The molecule has 1 aliphatic carbocycles. The molecule has 25 heavy (non-hydrogen) atoms. The number of hydrogen-bond acceptors (Lipinski definition) is 6. The van der Waals surface area contributed by atoms with E-state index < -0.39 is 5.91 Å². The summed E-state index contributed by atoms with van der Waals surface area (Å²) in [5.74, 6) is 0.617. The maximum Gasteiger partial charge on any atom is 0.260 e. The Morgan fingerprint density at radius 3 is 2.80 bits per heavy atom. The molecular weight excluding hydrogens is 336 g/mol. The number of rotatable bonds is 3. The topological polar surface area (TPSA) is 112 Å². The van der Waals surface area contributed by atoms with E-state index in [1.165, 1.54) is 11.3 Å². The standard InChI is InChI=1S/C17H14N6OS/c18-12-11-13(9-7-23-6-2-1-3-10(23)20-9)21-16(8-4-5-8)22-17(11)25-14(12)15(19)24/h1-3,6-8H,4-5,18H2,(H2,19,24). The van der Waals surface area contributed by atoms with E-state index in [4.69, 9.17) is 16.5 Å². The molecule has 4 aromatic rings. The van der Waals surface area contributed by atoms with Crippen molar-refractivity contribution in [1.29, 1.82) is 0 Å². The SMILES string of the molecule is NC(=O)c1sc2nc(C3CC3)nc(-c3cn4ccccc4n3)c2c1N. The molecule has 7 nitrogen and oxygen atoms in total. The smallest absolute Gasteiger partial charge is 0.260 e. The Balaban J connectivity index is 1.84. The van der Waals surface area contributed by atoms with Crippen LogP contribution >= 0.6 is 11.3 Å². The zero-order chi connectivity index (χ0) is 17.1. The van der Waals surface area contributed by atoms with Gasteiger partial charge in [0.2, 0.25) is 0 Å². The molecular formula is C17H14N6OS. The second kappa shape index (κ2) is 5.00. The van der Waals surface area contributed by atoms with Gasteiger partial charge in [0.05, 0.1) is 11.1 Å². The molecule has 124 valence electrons. The minimum atomic E-state index is -0.547. The van der Waals surface area contributed by atoms with Gasteiger partial charge in [0.1, 0.15) is 32.6 Å². The lowest BCUT2D eigenvalue weighted by Gasteiger charge is -2.04. The van der Waals surface area contributed by atoms with Crippen molar-refractivity contribution >= 4 is 38.8 Å². The number of primary amides is 1. The molecule has 1 fully saturated rings. The van der Waals surface area contributed by atoms with Crippen molar-refractivity contribution in [3.8, 4) is 11.4 Å². The van der Waals surface area contributed by atoms with Gasteiger partial charge in [-0.2, -0.15) is 0 Å². The minimum absolute atomic E-state index is 0.322. The molecule has 4 N–H and O–H groups in total. The summed E-state index contributed by atoms with van der Waals surface area (Å²) < 4.78 is 1.93. The van der Waals surface area contributed by atoms with Crippen LogP contribution in [0.25, 0.3) is 27.3 Å². The molecule has 1 saturated carbocycles. The normalized spacial score (nSPS) is 14.4. The van der Waals surface area contributed by atoms with Crippen molar-refractivity contribution in [3.63, 3.8) is 0 Å². The largest absolute Gasteiger partial charge is 0.397 e. The van der Waals surface area contributed by atoms with Crippen LogP contribution in [0.4, 0.5) is 5.69 Å². The number of aromatic nitrogens is 4. The van der Waals surface area contributed by atoms with Gasteiger partial charge in [-0.3, -0.25) is 4.79 Å². The van der Waals surface area contributed by atoms with Gasteiger partial charge in [0.15, 0.2) is 0 Å². The molecule has 1 amide bonds. The average molecular weight is 350 g/mol. The van der Waals surface area contributed by atoms with Gasteiger partial charge in [-0.15, -0.1) is 11.3 Å². The third-order valence-corrected chi connectivity index (χ3v) is 5.49. The summed E-state index contributed by atoms with van der Waals surface area (Å²) in [6.45, 7) is 0. The Labute approximate surface area is 146 Å². The second-order valence-electron chi connectivity index (χ2n) is 6.19. The fourth-order valence-corrected chi connectivity index (χ4v) is 3.93. The van der Waals surface area contributed by atoms with E-state index in [-0.39, 0.29) is 0 Å². The van der Waals surface area contributed by atoms with Crippen molar-refractivity contribution in [2.75, 3.05) is 5.73 Å². The highest BCUT2D eigenvalue weighted by Gasteiger charge is 2.30. The summed E-state index contributed by atoms with van der Waals surface area (Å²) in [5.41, 5.74) is 14.2. The number of amides is 1. The molecule has 0 unspecified atom stereocenters. The van der Waals surface area contributed by atoms with Gasteiger partial charge in [-0.1, -0.05) is 6.07 Å². The molecule has 0 atom stereocenters. The lowest BCUT2D eigenvalue weighted by Crippen LogP contribution is -2.10. The second-order valence-corrected chi connectivity index (χ2v) is 7.19. The fourth-order valence-electron chi connectivity index (χ4n) is 2.98. The minimum Gasteiger partial charge on any atom is -0.397 e. The molecule has 0 aromatic carbocycles. The van der Waals surface area contributed by atoms with Crippen molar-refractivity contribution in [2.45, 2.75) is 18.8 Å². The van der Waals surface area contributed by atoms with E-state index in [0.29, 0.717) is 38.1 Å². The number of nitrogens with two attached hydrogens (primary N) is 2. The molecule has 8 heteroatoms. The number of anilines is 1. The molecule has 0 bridgehead atoms. The summed E-state index contributed by atoms with van der Waals surface area (Å²) in [5, 5.41) is 0.659. The fraction of sp³-hybridized carbons (Fsp3) is 0.176. The van der Waals surface area contributed by atoms with Crippen LogP contribution in [0.2, 0.25) is 0 Å². The Morgan fingerprint density at radius 2 is 2.08 bits per heavy atom. The van der Waals surface area contributed by atoms with E-state index in [9.17, 15) is 4.79 Å². The number of fused-ring (bicyclic) bond motifs is 2. The lowest BCUT2D eigenvalue weighted by atomic mass is 10.2. The van der Waals surface area contributed by atoms with Crippen LogP contribution in [-0.4, -0.2) is 25.3 Å². The van der Waals surface area contributed by atoms with Crippen LogP contribution < -0.4 is 11.5 Å². The highest BCUT2D eigenvalue weighted by atomic mass is 32.1. The number of pyridine rings is 1. The molecule has 5 rings (SSSR count). The zero-order valence-corrected chi connectivity index (χ0v) is 14.0. The van der Waals surface area contributed by atoms with Crippen LogP contribution in [-0.2, 0) is 0 Å². The predicted octanol–water partition coefficient (Wildman–Crippen LogP) is 2.56. The third-order valence-electron chi connectivity index (χ3n) is 4.38. The lowest BCUT2D eigenvalue weighted by molar-refractivity contribution is 0.100. The van der Waals surface area contributed by atoms with Crippen molar-refractivity contribution in [3.05, 3.63) is 41.3 Å². The number of carbonyl (C=O) groups excluding carboxylic acids is 1. The van der Waals surface area contributed by atoms with Gasteiger partial charge in [0, 0.05) is 18.3 Å². The molecule has 4 aromatic heterocycles. The van der Waals surface area contributed by atoms with E-state index in [1.54, 1.807) is 0 Å². The summed E-state index contributed by atoms with van der Waals surface area (Å²) in [4.78, 5) is 26.7. The zero-order valence-electron chi connectivity index (χ0n) is 13.1. The van der Waals surface area contributed by atoms with Gasteiger partial charge in [-0.05, 0) is 25.0 Å². The molecule has 0 aliphatic heterocycles.